The van der Waals surface area contributed by atoms with Gasteiger partial charge in [0.15, 0.2) is 11.5 Å². The van der Waals surface area contributed by atoms with Crippen LogP contribution in [0.15, 0.2) is 36.9 Å². The first kappa shape index (κ1) is 13.5. The van der Waals surface area contributed by atoms with Gasteiger partial charge in [-0.25, -0.2) is 0 Å². The number of para-hydroxylation sites is 2. The van der Waals surface area contributed by atoms with Gasteiger partial charge in [-0.2, -0.15) is 0 Å². The molecule has 1 aromatic carbocycles. The van der Waals surface area contributed by atoms with Gasteiger partial charge in [0.1, 0.15) is 6.61 Å². The molecule has 0 aliphatic carbocycles. The van der Waals surface area contributed by atoms with Crippen molar-refractivity contribution in [2.75, 3.05) is 26.8 Å². The number of hydrogen-bond donors (Lipinski definition) is 0. The molecule has 1 aromatic rings. The SMILES string of the molecule is C=C[C@H]1CN2CC[C@H]1C[C@H]2COc1ccccc1OC. The summed E-state index contributed by atoms with van der Waals surface area (Å²) >= 11 is 0. The van der Waals surface area contributed by atoms with Crippen LogP contribution < -0.4 is 9.47 Å². The molecule has 3 aliphatic rings. The minimum atomic E-state index is 0.537. The summed E-state index contributed by atoms with van der Waals surface area (Å²) in [5, 5.41) is 0. The van der Waals surface area contributed by atoms with Gasteiger partial charge in [0, 0.05) is 12.6 Å². The number of hydrogen-bond acceptors (Lipinski definition) is 3. The Kier molecular flexibility index (Phi) is 3.97. The Bertz CT molecular complexity index is 474. The molecule has 3 aliphatic heterocycles. The van der Waals surface area contributed by atoms with Crippen LogP contribution in [-0.4, -0.2) is 37.7 Å². The molecule has 0 amide bonds. The molecule has 3 nitrogen and oxygen atoms in total. The summed E-state index contributed by atoms with van der Waals surface area (Å²) in [5.74, 6) is 3.13. The Morgan fingerprint density at radius 2 is 2.15 bits per heavy atom. The van der Waals surface area contributed by atoms with E-state index in [2.05, 4.69) is 17.6 Å². The molecule has 3 saturated heterocycles. The van der Waals surface area contributed by atoms with Gasteiger partial charge in [0.05, 0.1) is 7.11 Å². The fourth-order valence-corrected chi connectivity index (χ4v) is 3.54. The highest BCUT2D eigenvalue weighted by atomic mass is 16.5. The lowest BCUT2D eigenvalue weighted by molar-refractivity contribution is -0.00181. The second kappa shape index (κ2) is 5.88. The molecule has 3 fully saturated rings. The predicted octanol–water partition coefficient (Wildman–Crippen LogP) is 2.97. The van der Waals surface area contributed by atoms with E-state index in [4.69, 9.17) is 9.47 Å². The molecular weight excluding hydrogens is 250 g/mol. The van der Waals surface area contributed by atoms with Crippen LogP contribution in [0.1, 0.15) is 12.8 Å². The third-order valence-corrected chi connectivity index (χ3v) is 4.73. The topological polar surface area (TPSA) is 21.7 Å². The number of nitrogens with zero attached hydrogens (tertiary/aromatic N) is 1. The van der Waals surface area contributed by atoms with E-state index in [0.29, 0.717) is 12.0 Å². The molecule has 108 valence electrons. The van der Waals surface area contributed by atoms with Crippen LogP contribution in [0.25, 0.3) is 0 Å². The van der Waals surface area contributed by atoms with E-state index in [9.17, 15) is 0 Å². The van der Waals surface area contributed by atoms with Crippen molar-refractivity contribution in [2.24, 2.45) is 11.8 Å². The zero-order valence-corrected chi connectivity index (χ0v) is 12.1. The molecule has 2 bridgehead atoms. The Hall–Kier alpha value is -1.48. The normalized spacial score (nSPS) is 31.9. The van der Waals surface area contributed by atoms with E-state index in [1.54, 1.807) is 7.11 Å². The highest BCUT2D eigenvalue weighted by Crippen LogP contribution is 2.37. The van der Waals surface area contributed by atoms with E-state index in [-0.39, 0.29) is 0 Å². The maximum atomic E-state index is 6.00. The highest BCUT2D eigenvalue weighted by molar-refractivity contribution is 5.39. The van der Waals surface area contributed by atoms with Crippen LogP contribution in [0.2, 0.25) is 0 Å². The van der Waals surface area contributed by atoms with Gasteiger partial charge in [-0.05, 0) is 43.4 Å². The number of methoxy groups -OCH3 is 1. The molecule has 0 radical (unpaired) electrons. The van der Waals surface area contributed by atoms with Gasteiger partial charge < -0.3 is 9.47 Å². The average Bonchev–Trinajstić information content (AvgIpc) is 2.53. The van der Waals surface area contributed by atoms with Crippen molar-refractivity contribution in [3.8, 4) is 11.5 Å². The van der Waals surface area contributed by atoms with Crippen molar-refractivity contribution in [3.63, 3.8) is 0 Å². The van der Waals surface area contributed by atoms with Crippen molar-refractivity contribution >= 4 is 0 Å². The second-order valence-corrected chi connectivity index (χ2v) is 5.79. The Labute approximate surface area is 121 Å². The minimum absolute atomic E-state index is 0.537. The van der Waals surface area contributed by atoms with Crippen LogP contribution in [-0.2, 0) is 0 Å². The molecule has 0 spiro atoms. The number of benzene rings is 1. The summed E-state index contributed by atoms with van der Waals surface area (Å²) in [4.78, 5) is 2.56. The molecular formula is C17H23NO2. The summed E-state index contributed by atoms with van der Waals surface area (Å²) < 4.78 is 11.3. The van der Waals surface area contributed by atoms with Gasteiger partial charge in [-0.3, -0.25) is 4.90 Å². The lowest BCUT2D eigenvalue weighted by atomic mass is 9.76. The monoisotopic (exact) mass is 273 g/mol. The quantitative estimate of drug-likeness (QED) is 0.770. The van der Waals surface area contributed by atoms with E-state index >= 15 is 0 Å². The first-order valence-corrected chi connectivity index (χ1v) is 7.44. The summed E-state index contributed by atoms with van der Waals surface area (Å²) in [6.45, 7) is 7.07. The third kappa shape index (κ3) is 2.55. The number of piperidine rings is 3. The number of rotatable bonds is 5. The zero-order valence-electron chi connectivity index (χ0n) is 12.1. The van der Waals surface area contributed by atoms with Crippen molar-refractivity contribution in [1.82, 2.24) is 4.90 Å². The molecule has 3 heterocycles. The Balaban J connectivity index is 1.61. The minimum Gasteiger partial charge on any atom is -0.493 e. The highest BCUT2D eigenvalue weighted by Gasteiger charge is 2.38. The van der Waals surface area contributed by atoms with Crippen LogP contribution in [0.5, 0.6) is 11.5 Å². The molecule has 0 N–H and O–H groups in total. The van der Waals surface area contributed by atoms with E-state index in [0.717, 1.165) is 30.6 Å². The summed E-state index contributed by atoms with van der Waals surface area (Å²) in [5.41, 5.74) is 0. The molecule has 0 aromatic heterocycles. The molecule has 4 rings (SSSR count). The molecule has 0 saturated carbocycles. The number of ether oxygens (including phenoxy) is 2. The van der Waals surface area contributed by atoms with Crippen molar-refractivity contribution in [3.05, 3.63) is 36.9 Å². The van der Waals surface area contributed by atoms with Gasteiger partial charge in [-0.15, -0.1) is 6.58 Å². The fraction of sp³-hybridized carbons (Fsp3) is 0.529. The lowest BCUT2D eigenvalue weighted by Gasteiger charge is -2.48. The standard InChI is InChI=1S/C17H23NO2/c1-3-13-11-18-9-8-14(13)10-15(18)12-20-17-7-5-4-6-16(17)19-2/h3-7,13-15H,1,8-12H2,2H3/t13-,14-,15-/m0/s1. The lowest BCUT2D eigenvalue weighted by Crippen LogP contribution is -2.54. The van der Waals surface area contributed by atoms with Gasteiger partial charge >= 0.3 is 0 Å². The van der Waals surface area contributed by atoms with Crippen molar-refractivity contribution in [1.29, 1.82) is 0 Å². The maximum absolute atomic E-state index is 6.00. The largest absolute Gasteiger partial charge is 0.493 e. The van der Waals surface area contributed by atoms with Crippen LogP contribution in [0.3, 0.4) is 0 Å². The van der Waals surface area contributed by atoms with Gasteiger partial charge in [-0.1, -0.05) is 18.2 Å². The Morgan fingerprint density at radius 3 is 2.80 bits per heavy atom. The summed E-state index contributed by atoms with van der Waals surface area (Å²) in [7, 11) is 1.68. The van der Waals surface area contributed by atoms with Gasteiger partial charge in [0.2, 0.25) is 0 Å². The van der Waals surface area contributed by atoms with Crippen LogP contribution in [0, 0.1) is 11.8 Å². The van der Waals surface area contributed by atoms with E-state index < -0.39 is 0 Å². The first-order chi connectivity index (χ1) is 9.81. The molecule has 3 heteroatoms. The number of fused-ring (bicyclic) bond motifs is 3. The van der Waals surface area contributed by atoms with E-state index in [1.165, 1.54) is 19.4 Å². The fourth-order valence-electron chi connectivity index (χ4n) is 3.54. The second-order valence-electron chi connectivity index (χ2n) is 5.79. The average molecular weight is 273 g/mol. The predicted molar refractivity (Wildman–Crippen MR) is 80.3 cm³/mol. The maximum Gasteiger partial charge on any atom is 0.161 e. The van der Waals surface area contributed by atoms with Crippen LogP contribution in [0.4, 0.5) is 0 Å². The van der Waals surface area contributed by atoms with Crippen molar-refractivity contribution in [2.45, 2.75) is 18.9 Å². The molecule has 4 atom stereocenters. The molecule has 20 heavy (non-hydrogen) atoms. The zero-order chi connectivity index (χ0) is 13.9. The summed E-state index contributed by atoms with van der Waals surface area (Å²) in [6, 6.07) is 8.40. The third-order valence-electron chi connectivity index (χ3n) is 4.73. The first-order valence-electron chi connectivity index (χ1n) is 7.44. The smallest absolute Gasteiger partial charge is 0.161 e. The van der Waals surface area contributed by atoms with Crippen LogP contribution >= 0.6 is 0 Å². The molecule has 1 unspecified atom stereocenters. The van der Waals surface area contributed by atoms with E-state index in [1.807, 2.05) is 24.3 Å². The van der Waals surface area contributed by atoms with Gasteiger partial charge in [0.25, 0.3) is 0 Å². The van der Waals surface area contributed by atoms with Crippen molar-refractivity contribution < 1.29 is 9.47 Å². The summed E-state index contributed by atoms with van der Waals surface area (Å²) in [6.07, 6.45) is 4.67. The Morgan fingerprint density at radius 1 is 1.35 bits per heavy atom.